The second kappa shape index (κ2) is 4.95. The van der Waals surface area contributed by atoms with E-state index >= 15 is 0 Å². The second-order valence-corrected chi connectivity index (χ2v) is 5.85. The van der Waals surface area contributed by atoms with E-state index in [-0.39, 0.29) is 17.0 Å². The lowest BCUT2D eigenvalue weighted by Gasteiger charge is -2.11. The highest BCUT2D eigenvalue weighted by Gasteiger charge is 2.15. The first-order chi connectivity index (χ1) is 7.33. The van der Waals surface area contributed by atoms with E-state index in [0.717, 1.165) is 5.56 Å². The molecule has 90 valence electrons. The summed E-state index contributed by atoms with van der Waals surface area (Å²) in [4.78, 5) is 0.260. The van der Waals surface area contributed by atoms with Gasteiger partial charge in [-0.1, -0.05) is 12.1 Å². The van der Waals surface area contributed by atoms with Crippen molar-refractivity contribution in [3.8, 4) is 0 Å². The van der Waals surface area contributed by atoms with Gasteiger partial charge in [0.1, 0.15) is 0 Å². The first kappa shape index (κ1) is 13.2. The Balaban J connectivity index is 3.09. The van der Waals surface area contributed by atoms with Crippen LogP contribution in [0.3, 0.4) is 0 Å². The summed E-state index contributed by atoms with van der Waals surface area (Å²) in [5, 5.41) is 0. The summed E-state index contributed by atoms with van der Waals surface area (Å²) in [6, 6.07) is 6.40. The molecule has 16 heavy (non-hydrogen) atoms. The molecule has 1 unspecified atom stereocenters. The monoisotopic (exact) mass is 242 g/mol. The summed E-state index contributed by atoms with van der Waals surface area (Å²) < 4.78 is 26.3. The molecule has 0 spiro atoms. The molecule has 5 heteroatoms. The number of benzene rings is 1. The fourth-order valence-electron chi connectivity index (χ4n) is 1.34. The molecule has 0 saturated carbocycles. The van der Waals surface area contributed by atoms with E-state index in [1.807, 2.05) is 13.0 Å². The zero-order valence-corrected chi connectivity index (χ0v) is 10.6. The van der Waals surface area contributed by atoms with Crippen molar-refractivity contribution in [2.24, 2.45) is 5.73 Å². The van der Waals surface area contributed by atoms with E-state index < -0.39 is 10.0 Å². The Morgan fingerprint density at radius 3 is 2.38 bits per heavy atom. The quantitative estimate of drug-likeness (QED) is 0.838. The molecule has 0 fully saturated rings. The molecule has 1 rings (SSSR count). The van der Waals surface area contributed by atoms with Crippen LogP contribution in [0, 0.1) is 0 Å². The average molecular weight is 242 g/mol. The summed E-state index contributed by atoms with van der Waals surface area (Å²) in [6.45, 7) is 5.39. The van der Waals surface area contributed by atoms with Crippen molar-refractivity contribution in [3.63, 3.8) is 0 Å². The maximum absolute atomic E-state index is 11.9. The van der Waals surface area contributed by atoms with Crippen LogP contribution in [0.1, 0.15) is 32.4 Å². The first-order valence-electron chi connectivity index (χ1n) is 5.21. The Bertz CT molecular complexity index is 453. The molecule has 1 aromatic carbocycles. The van der Waals surface area contributed by atoms with Crippen molar-refractivity contribution in [1.82, 2.24) is 4.72 Å². The Kier molecular flexibility index (Phi) is 4.07. The molecule has 4 nitrogen and oxygen atoms in total. The lowest BCUT2D eigenvalue weighted by Crippen LogP contribution is -2.30. The van der Waals surface area contributed by atoms with Crippen LogP contribution < -0.4 is 10.5 Å². The van der Waals surface area contributed by atoms with E-state index in [2.05, 4.69) is 4.72 Å². The molecule has 0 heterocycles. The van der Waals surface area contributed by atoms with Crippen molar-refractivity contribution >= 4 is 10.0 Å². The summed E-state index contributed by atoms with van der Waals surface area (Å²) in [5.41, 5.74) is 6.52. The Labute approximate surface area is 96.9 Å². The molecule has 1 aromatic rings. The summed E-state index contributed by atoms with van der Waals surface area (Å²) >= 11 is 0. The Morgan fingerprint density at radius 1 is 1.25 bits per heavy atom. The smallest absolute Gasteiger partial charge is 0.240 e. The highest BCUT2D eigenvalue weighted by atomic mass is 32.2. The van der Waals surface area contributed by atoms with Crippen molar-refractivity contribution in [1.29, 1.82) is 0 Å². The number of hydrogen-bond donors (Lipinski definition) is 2. The van der Waals surface area contributed by atoms with Gasteiger partial charge in [-0.2, -0.15) is 0 Å². The maximum Gasteiger partial charge on any atom is 0.240 e. The standard InChI is InChI=1S/C11H18N2O2S/c1-8(2)13-16(14,15)11-6-4-5-10(7-11)9(3)12/h4-9,13H,12H2,1-3H3. The van der Waals surface area contributed by atoms with Gasteiger partial charge >= 0.3 is 0 Å². The van der Waals surface area contributed by atoms with E-state index in [9.17, 15) is 8.42 Å². The zero-order chi connectivity index (χ0) is 12.3. The van der Waals surface area contributed by atoms with Gasteiger partial charge in [-0.05, 0) is 38.5 Å². The van der Waals surface area contributed by atoms with Crippen LogP contribution in [-0.2, 0) is 10.0 Å². The molecule has 0 aliphatic rings. The number of nitrogens with two attached hydrogens (primary N) is 1. The number of hydrogen-bond acceptors (Lipinski definition) is 3. The molecule has 0 aliphatic heterocycles. The predicted molar refractivity (Wildman–Crippen MR) is 64.5 cm³/mol. The topological polar surface area (TPSA) is 72.2 Å². The number of sulfonamides is 1. The van der Waals surface area contributed by atoms with Crippen LogP contribution >= 0.6 is 0 Å². The minimum atomic E-state index is -3.42. The lowest BCUT2D eigenvalue weighted by atomic mass is 10.1. The largest absolute Gasteiger partial charge is 0.324 e. The van der Waals surface area contributed by atoms with Crippen LogP contribution in [0.15, 0.2) is 29.2 Å². The van der Waals surface area contributed by atoms with Gasteiger partial charge in [0.2, 0.25) is 10.0 Å². The van der Waals surface area contributed by atoms with Gasteiger partial charge in [0, 0.05) is 12.1 Å². The predicted octanol–water partition coefficient (Wildman–Crippen LogP) is 1.39. The summed E-state index contributed by atoms with van der Waals surface area (Å²) in [6.07, 6.45) is 0. The van der Waals surface area contributed by atoms with Crippen molar-refractivity contribution in [2.75, 3.05) is 0 Å². The third-order valence-corrected chi connectivity index (χ3v) is 3.74. The Hall–Kier alpha value is -0.910. The van der Waals surface area contributed by atoms with Crippen molar-refractivity contribution < 1.29 is 8.42 Å². The third kappa shape index (κ3) is 3.30. The van der Waals surface area contributed by atoms with Gasteiger partial charge in [0.05, 0.1) is 4.90 Å². The second-order valence-electron chi connectivity index (χ2n) is 4.14. The molecular weight excluding hydrogens is 224 g/mol. The fourth-order valence-corrected chi connectivity index (χ4v) is 2.65. The van der Waals surface area contributed by atoms with Crippen LogP contribution in [0.2, 0.25) is 0 Å². The van der Waals surface area contributed by atoms with E-state index in [0.29, 0.717) is 0 Å². The van der Waals surface area contributed by atoms with Crippen LogP contribution in [0.5, 0.6) is 0 Å². The fraction of sp³-hybridized carbons (Fsp3) is 0.455. The molecule has 0 amide bonds. The van der Waals surface area contributed by atoms with Gasteiger partial charge in [-0.3, -0.25) is 0 Å². The third-order valence-electron chi connectivity index (χ3n) is 2.09. The van der Waals surface area contributed by atoms with Gasteiger partial charge in [0.25, 0.3) is 0 Å². The van der Waals surface area contributed by atoms with Gasteiger partial charge in [0.15, 0.2) is 0 Å². The SMILES string of the molecule is CC(C)NS(=O)(=O)c1cccc(C(C)N)c1. The van der Waals surface area contributed by atoms with Gasteiger partial charge in [-0.25, -0.2) is 13.1 Å². The molecular formula is C11H18N2O2S. The molecule has 1 atom stereocenters. The lowest BCUT2D eigenvalue weighted by molar-refractivity contribution is 0.569. The minimum Gasteiger partial charge on any atom is -0.324 e. The molecule has 0 radical (unpaired) electrons. The highest BCUT2D eigenvalue weighted by Crippen LogP contribution is 2.15. The maximum atomic E-state index is 11.9. The Morgan fingerprint density at radius 2 is 1.88 bits per heavy atom. The molecule has 0 saturated heterocycles. The van der Waals surface area contributed by atoms with Crippen molar-refractivity contribution in [3.05, 3.63) is 29.8 Å². The minimum absolute atomic E-state index is 0.121. The molecule has 0 aromatic heterocycles. The normalized spacial score (nSPS) is 14.1. The van der Waals surface area contributed by atoms with E-state index in [4.69, 9.17) is 5.73 Å². The van der Waals surface area contributed by atoms with Crippen molar-refractivity contribution in [2.45, 2.75) is 37.8 Å². The molecule has 0 bridgehead atoms. The summed E-state index contributed by atoms with van der Waals surface area (Å²) in [7, 11) is -3.42. The number of rotatable bonds is 4. The van der Waals surface area contributed by atoms with Crippen LogP contribution in [0.4, 0.5) is 0 Å². The average Bonchev–Trinajstić information content (AvgIpc) is 2.16. The zero-order valence-electron chi connectivity index (χ0n) is 9.77. The van der Waals surface area contributed by atoms with E-state index in [1.165, 1.54) is 0 Å². The van der Waals surface area contributed by atoms with Gasteiger partial charge < -0.3 is 5.73 Å². The molecule has 0 aliphatic carbocycles. The number of nitrogens with one attached hydrogen (secondary N) is 1. The van der Waals surface area contributed by atoms with Crippen LogP contribution in [0.25, 0.3) is 0 Å². The van der Waals surface area contributed by atoms with Gasteiger partial charge in [-0.15, -0.1) is 0 Å². The molecule has 3 N–H and O–H groups in total. The highest BCUT2D eigenvalue weighted by molar-refractivity contribution is 7.89. The first-order valence-corrected chi connectivity index (χ1v) is 6.69. The summed E-state index contributed by atoms with van der Waals surface area (Å²) in [5.74, 6) is 0. The van der Waals surface area contributed by atoms with Crippen LogP contribution in [-0.4, -0.2) is 14.5 Å². The van der Waals surface area contributed by atoms with E-state index in [1.54, 1.807) is 32.0 Å².